The Bertz CT molecular complexity index is 668. The van der Waals surface area contributed by atoms with Crippen LogP contribution in [0.25, 0.3) is 6.08 Å². The van der Waals surface area contributed by atoms with Gasteiger partial charge < -0.3 is 24.9 Å². The average Bonchev–Trinajstić information content (AvgIpc) is 2.76. The van der Waals surface area contributed by atoms with Crippen LogP contribution in [0.2, 0.25) is 0 Å². The molecule has 1 aliphatic rings. The molecule has 0 saturated carbocycles. The molecule has 1 aromatic rings. The van der Waals surface area contributed by atoms with Gasteiger partial charge in [0.15, 0.2) is 11.5 Å². The van der Waals surface area contributed by atoms with Gasteiger partial charge in [0.1, 0.15) is 6.29 Å². The molecule has 0 spiro atoms. The Morgan fingerprint density at radius 3 is 2.36 bits per heavy atom. The molecule has 0 bridgehead atoms. The van der Waals surface area contributed by atoms with Crippen LogP contribution in [-0.4, -0.2) is 42.9 Å². The summed E-state index contributed by atoms with van der Waals surface area (Å²) >= 11 is 0. The maximum absolute atomic E-state index is 11.2. The van der Waals surface area contributed by atoms with E-state index in [1.807, 2.05) is 27.7 Å². The van der Waals surface area contributed by atoms with Gasteiger partial charge in [0.05, 0.1) is 17.8 Å². The third-order valence-corrected chi connectivity index (χ3v) is 4.70. The fourth-order valence-electron chi connectivity index (χ4n) is 2.51. The smallest absolute Gasteiger partial charge is 0.491 e. The average molecular weight is 347 g/mol. The molecule has 6 nitrogen and oxygen atoms in total. The van der Waals surface area contributed by atoms with Crippen molar-refractivity contribution in [2.24, 2.45) is 5.73 Å². The topological polar surface area (TPSA) is 91.0 Å². The molecule has 3 N–H and O–H groups in total. The molecule has 1 aromatic carbocycles. The van der Waals surface area contributed by atoms with Crippen LogP contribution in [0.5, 0.6) is 11.5 Å². The predicted octanol–water partition coefficient (Wildman–Crippen LogP) is 2.58. The number of hydrogen-bond donors (Lipinski definition) is 2. The highest BCUT2D eigenvalue weighted by atomic mass is 16.7. The summed E-state index contributed by atoms with van der Waals surface area (Å²) in [6.45, 7) is 10.2. The van der Waals surface area contributed by atoms with E-state index < -0.39 is 18.3 Å². The van der Waals surface area contributed by atoms with Crippen molar-refractivity contribution in [3.63, 3.8) is 0 Å². The molecule has 0 aliphatic carbocycles. The lowest BCUT2D eigenvalue weighted by Gasteiger charge is -2.32. The number of rotatable bonds is 6. The highest BCUT2D eigenvalue weighted by Gasteiger charge is 2.52. The van der Waals surface area contributed by atoms with Crippen LogP contribution in [0.15, 0.2) is 17.6 Å². The third kappa shape index (κ3) is 3.89. The van der Waals surface area contributed by atoms with E-state index in [4.69, 9.17) is 19.8 Å². The molecule has 1 saturated heterocycles. The van der Waals surface area contributed by atoms with E-state index in [1.54, 1.807) is 19.1 Å². The number of carbonyl (C=O) groups is 1. The van der Waals surface area contributed by atoms with Crippen LogP contribution in [0.1, 0.15) is 50.5 Å². The van der Waals surface area contributed by atoms with Gasteiger partial charge in [0.25, 0.3) is 0 Å². The number of aldehydes is 1. The van der Waals surface area contributed by atoms with Crippen LogP contribution in [0.3, 0.4) is 0 Å². The zero-order chi connectivity index (χ0) is 18.8. The van der Waals surface area contributed by atoms with Gasteiger partial charge in [-0.2, -0.15) is 0 Å². The van der Waals surface area contributed by atoms with E-state index in [0.717, 1.165) is 0 Å². The van der Waals surface area contributed by atoms with Crippen molar-refractivity contribution in [3.8, 4) is 11.5 Å². The van der Waals surface area contributed by atoms with Crippen molar-refractivity contribution in [2.45, 2.75) is 45.8 Å². The van der Waals surface area contributed by atoms with Gasteiger partial charge in [-0.1, -0.05) is 6.08 Å². The van der Waals surface area contributed by atoms with Gasteiger partial charge >= 0.3 is 7.12 Å². The minimum atomic E-state index is -0.621. The van der Waals surface area contributed by atoms with Crippen LogP contribution >= 0.6 is 0 Å². The molecule has 2 rings (SSSR count). The van der Waals surface area contributed by atoms with Gasteiger partial charge in [0.2, 0.25) is 0 Å². The lowest BCUT2D eigenvalue weighted by molar-refractivity contribution is 0.00578. The number of ether oxygens (including phenoxy) is 1. The second-order valence-corrected chi connectivity index (χ2v) is 7.02. The maximum atomic E-state index is 11.2. The van der Waals surface area contributed by atoms with E-state index in [2.05, 4.69) is 0 Å². The molecule has 1 fully saturated rings. The standard InChI is InChI=1S/C18H26BNO5/c1-6-23-15-8-12(11-21)7-13(16(15)22)9-14(10-20)19-24-17(2,3)18(4,5)25-19/h7-9,11,22H,6,10,20H2,1-5H3. The van der Waals surface area contributed by atoms with E-state index in [9.17, 15) is 9.90 Å². The molecule has 1 aliphatic heterocycles. The SMILES string of the molecule is CCOc1cc(C=O)cc(C=C(CN)B2OC(C)(C)C(C)(C)O2)c1O. The Morgan fingerprint density at radius 2 is 1.88 bits per heavy atom. The molecule has 25 heavy (non-hydrogen) atoms. The van der Waals surface area contributed by atoms with Gasteiger partial charge in [-0.3, -0.25) is 4.79 Å². The molecule has 0 radical (unpaired) electrons. The Kier molecular flexibility index (Phi) is 5.61. The number of carbonyl (C=O) groups excluding carboxylic acids is 1. The second kappa shape index (κ2) is 7.19. The molecule has 0 aromatic heterocycles. The van der Waals surface area contributed by atoms with Crippen LogP contribution in [0, 0.1) is 0 Å². The Labute approximate surface area is 149 Å². The fraction of sp³-hybridized carbons (Fsp3) is 0.500. The lowest BCUT2D eigenvalue weighted by atomic mass is 9.77. The summed E-state index contributed by atoms with van der Waals surface area (Å²) in [5.41, 5.74) is 6.40. The van der Waals surface area contributed by atoms with Crippen LogP contribution < -0.4 is 10.5 Å². The number of phenolic OH excluding ortho intramolecular Hbond substituents is 1. The number of phenols is 1. The molecule has 0 atom stereocenters. The van der Waals surface area contributed by atoms with Crippen molar-refractivity contribution < 1.29 is 23.9 Å². The minimum Gasteiger partial charge on any atom is -0.504 e. The lowest BCUT2D eigenvalue weighted by Crippen LogP contribution is -2.41. The fourth-order valence-corrected chi connectivity index (χ4v) is 2.51. The number of nitrogens with two attached hydrogens (primary N) is 1. The van der Waals surface area contributed by atoms with Gasteiger partial charge in [-0.05, 0) is 52.2 Å². The zero-order valence-corrected chi connectivity index (χ0v) is 15.5. The van der Waals surface area contributed by atoms with E-state index in [1.165, 1.54) is 6.07 Å². The van der Waals surface area contributed by atoms with Crippen molar-refractivity contribution in [3.05, 3.63) is 28.7 Å². The second-order valence-electron chi connectivity index (χ2n) is 7.02. The normalized spacial score (nSPS) is 19.1. The highest BCUT2D eigenvalue weighted by Crippen LogP contribution is 2.39. The summed E-state index contributed by atoms with van der Waals surface area (Å²) in [4.78, 5) is 11.2. The maximum Gasteiger partial charge on any atom is 0.491 e. The zero-order valence-electron chi connectivity index (χ0n) is 15.5. The Balaban J connectivity index is 2.43. The van der Waals surface area contributed by atoms with Crippen molar-refractivity contribution in [1.29, 1.82) is 0 Å². The van der Waals surface area contributed by atoms with Crippen LogP contribution in [-0.2, 0) is 9.31 Å². The van der Waals surface area contributed by atoms with Gasteiger partial charge in [-0.15, -0.1) is 0 Å². The molecular weight excluding hydrogens is 321 g/mol. The van der Waals surface area contributed by atoms with Gasteiger partial charge in [0, 0.05) is 17.7 Å². The first-order valence-electron chi connectivity index (χ1n) is 8.36. The summed E-state index contributed by atoms with van der Waals surface area (Å²) in [6.07, 6.45) is 2.39. The molecule has 0 unspecified atom stereocenters. The van der Waals surface area contributed by atoms with E-state index >= 15 is 0 Å². The number of benzene rings is 1. The third-order valence-electron chi connectivity index (χ3n) is 4.70. The number of hydrogen-bond acceptors (Lipinski definition) is 6. The largest absolute Gasteiger partial charge is 0.504 e. The Hall–Kier alpha value is -1.83. The van der Waals surface area contributed by atoms with E-state index in [0.29, 0.717) is 29.5 Å². The van der Waals surface area contributed by atoms with Crippen molar-refractivity contribution >= 4 is 19.5 Å². The summed E-state index contributed by atoms with van der Waals surface area (Å²) in [5, 5.41) is 10.4. The first-order chi connectivity index (χ1) is 11.6. The summed E-state index contributed by atoms with van der Waals surface area (Å²) in [6, 6.07) is 3.08. The monoisotopic (exact) mass is 347 g/mol. The quantitative estimate of drug-likeness (QED) is 0.607. The molecule has 136 valence electrons. The summed E-state index contributed by atoms with van der Waals surface area (Å²) < 4.78 is 17.4. The number of aromatic hydroxyl groups is 1. The first-order valence-corrected chi connectivity index (χ1v) is 8.36. The molecule has 0 amide bonds. The first kappa shape index (κ1) is 19.5. The minimum absolute atomic E-state index is 0.0464. The Morgan fingerprint density at radius 1 is 1.28 bits per heavy atom. The van der Waals surface area contributed by atoms with Crippen LogP contribution in [0.4, 0.5) is 0 Å². The highest BCUT2D eigenvalue weighted by molar-refractivity contribution is 6.56. The predicted molar refractivity (Wildman–Crippen MR) is 97.8 cm³/mol. The summed E-state index contributed by atoms with van der Waals surface area (Å²) in [5.74, 6) is 0.207. The van der Waals surface area contributed by atoms with Crippen molar-refractivity contribution in [2.75, 3.05) is 13.2 Å². The molecule has 7 heteroatoms. The molecule has 1 heterocycles. The van der Waals surface area contributed by atoms with Crippen molar-refractivity contribution in [1.82, 2.24) is 0 Å². The van der Waals surface area contributed by atoms with Gasteiger partial charge in [-0.25, -0.2) is 0 Å². The molecular formula is C18H26BNO5. The summed E-state index contributed by atoms with van der Waals surface area (Å²) in [7, 11) is -0.621. The van der Waals surface area contributed by atoms with E-state index in [-0.39, 0.29) is 18.0 Å².